The Balaban J connectivity index is 1.31. The molecule has 6 nitrogen and oxygen atoms in total. The van der Waals surface area contributed by atoms with Crippen LogP contribution in [0, 0.1) is 5.82 Å². The van der Waals surface area contributed by atoms with Gasteiger partial charge in [0.1, 0.15) is 11.5 Å². The van der Waals surface area contributed by atoms with Crippen molar-refractivity contribution in [2.45, 2.75) is 6.54 Å². The first-order valence-electron chi connectivity index (χ1n) is 10.3. The molecule has 1 aliphatic rings. The summed E-state index contributed by atoms with van der Waals surface area (Å²) < 4.78 is 14.0. The van der Waals surface area contributed by atoms with E-state index in [9.17, 15) is 9.18 Å². The minimum atomic E-state index is -0.194. The van der Waals surface area contributed by atoms with E-state index in [0.29, 0.717) is 31.0 Å². The number of hydrogen-bond donors (Lipinski definition) is 1. The Hall–Kier alpha value is -3.13. The van der Waals surface area contributed by atoms with Gasteiger partial charge in [-0.25, -0.2) is 9.37 Å². The standard InChI is InChI=1S/C23H26FN5OS/c1-27(2)18-9-7-17(8-10-18)15-25-22(30)20-16-31-23(26-20)29-13-11-28(12-14-29)21-6-4-3-5-19(21)24/h3-10,16H,11-15H2,1-2H3,(H,25,30). The lowest BCUT2D eigenvalue weighted by Crippen LogP contribution is -2.46. The Kier molecular flexibility index (Phi) is 6.36. The number of carbonyl (C=O) groups is 1. The van der Waals surface area contributed by atoms with Gasteiger partial charge in [-0.15, -0.1) is 11.3 Å². The maximum Gasteiger partial charge on any atom is 0.271 e. The molecule has 0 radical (unpaired) electrons. The number of carbonyl (C=O) groups excluding carboxylic acids is 1. The molecule has 8 heteroatoms. The maximum atomic E-state index is 14.0. The van der Waals surface area contributed by atoms with Gasteiger partial charge in [-0.3, -0.25) is 4.79 Å². The number of benzene rings is 2. The van der Waals surface area contributed by atoms with Crippen LogP contribution in [0.1, 0.15) is 16.1 Å². The smallest absolute Gasteiger partial charge is 0.271 e. The number of para-hydroxylation sites is 1. The fourth-order valence-corrected chi connectivity index (χ4v) is 4.40. The molecule has 1 aliphatic heterocycles. The fourth-order valence-electron chi connectivity index (χ4n) is 3.55. The largest absolute Gasteiger partial charge is 0.378 e. The van der Waals surface area contributed by atoms with E-state index < -0.39 is 0 Å². The zero-order chi connectivity index (χ0) is 21.8. The van der Waals surface area contributed by atoms with Crippen molar-refractivity contribution in [2.24, 2.45) is 0 Å². The van der Waals surface area contributed by atoms with Crippen LogP contribution in [0.25, 0.3) is 0 Å². The number of amides is 1. The van der Waals surface area contributed by atoms with Crippen molar-refractivity contribution in [1.82, 2.24) is 10.3 Å². The van der Waals surface area contributed by atoms with Crippen molar-refractivity contribution in [1.29, 1.82) is 0 Å². The predicted molar refractivity (Wildman–Crippen MR) is 125 cm³/mol. The number of piperazine rings is 1. The zero-order valence-electron chi connectivity index (χ0n) is 17.7. The number of hydrogen-bond acceptors (Lipinski definition) is 6. The minimum absolute atomic E-state index is 0.177. The summed E-state index contributed by atoms with van der Waals surface area (Å²) in [5.41, 5.74) is 3.23. The van der Waals surface area contributed by atoms with Gasteiger partial charge in [0.25, 0.3) is 5.91 Å². The summed E-state index contributed by atoms with van der Waals surface area (Å²) in [6.45, 7) is 3.36. The second-order valence-electron chi connectivity index (χ2n) is 7.68. The molecule has 0 bridgehead atoms. The summed E-state index contributed by atoms with van der Waals surface area (Å²) in [4.78, 5) is 23.3. The van der Waals surface area contributed by atoms with Crippen molar-refractivity contribution in [3.05, 3.63) is 71.0 Å². The maximum absolute atomic E-state index is 14.0. The number of nitrogens with zero attached hydrogens (tertiary/aromatic N) is 4. The van der Waals surface area contributed by atoms with Crippen LogP contribution in [-0.2, 0) is 6.54 Å². The van der Waals surface area contributed by atoms with Crippen LogP contribution >= 0.6 is 11.3 Å². The lowest BCUT2D eigenvalue weighted by Gasteiger charge is -2.36. The van der Waals surface area contributed by atoms with Gasteiger partial charge in [0.2, 0.25) is 0 Å². The molecule has 162 valence electrons. The molecule has 2 aromatic carbocycles. The van der Waals surface area contributed by atoms with E-state index in [1.165, 1.54) is 17.4 Å². The summed E-state index contributed by atoms with van der Waals surface area (Å²) >= 11 is 1.47. The Morgan fingerprint density at radius 2 is 1.74 bits per heavy atom. The molecule has 2 heterocycles. The first-order valence-corrected chi connectivity index (χ1v) is 11.1. The van der Waals surface area contributed by atoms with E-state index in [2.05, 4.69) is 20.1 Å². The quantitative estimate of drug-likeness (QED) is 0.636. The average molecular weight is 440 g/mol. The molecule has 31 heavy (non-hydrogen) atoms. The summed E-state index contributed by atoms with van der Waals surface area (Å²) in [7, 11) is 3.99. The van der Waals surface area contributed by atoms with Crippen LogP contribution < -0.4 is 20.0 Å². The first kappa shape index (κ1) is 21.1. The van der Waals surface area contributed by atoms with Gasteiger partial charge < -0.3 is 20.0 Å². The van der Waals surface area contributed by atoms with Gasteiger partial charge in [0.05, 0.1) is 5.69 Å². The summed E-state index contributed by atoms with van der Waals surface area (Å²) in [5, 5.41) is 5.56. The SMILES string of the molecule is CN(C)c1ccc(CNC(=O)c2csc(N3CCN(c4ccccc4F)CC3)n2)cc1. The predicted octanol–water partition coefficient (Wildman–Crippen LogP) is 3.60. The Bertz CT molecular complexity index is 1030. The molecule has 1 amide bonds. The number of halogens is 1. The van der Waals surface area contributed by atoms with Gasteiger partial charge in [0.15, 0.2) is 5.13 Å². The highest BCUT2D eigenvalue weighted by molar-refractivity contribution is 7.13. The molecular weight excluding hydrogens is 413 g/mol. The van der Waals surface area contributed by atoms with Crippen molar-refractivity contribution < 1.29 is 9.18 Å². The second-order valence-corrected chi connectivity index (χ2v) is 8.52. The molecule has 4 rings (SSSR count). The number of rotatable bonds is 6. The zero-order valence-corrected chi connectivity index (χ0v) is 18.5. The Labute approximate surface area is 185 Å². The van der Waals surface area contributed by atoms with Crippen LogP contribution in [0.5, 0.6) is 0 Å². The van der Waals surface area contributed by atoms with Gasteiger partial charge in [-0.2, -0.15) is 0 Å². The molecular formula is C23H26FN5OS. The molecule has 0 atom stereocenters. The number of anilines is 3. The second kappa shape index (κ2) is 9.34. The van der Waals surface area contributed by atoms with E-state index in [4.69, 9.17) is 0 Å². The Morgan fingerprint density at radius 3 is 2.42 bits per heavy atom. The average Bonchev–Trinajstić information content (AvgIpc) is 3.29. The molecule has 0 saturated carbocycles. The van der Waals surface area contributed by atoms with E-state index in [1.807, 2.05) is 55.4 Å². The van der Waals surface area contributed by atoms with E-state index in [-0.39, 0.29) is 11.7 Å². The fraction of sp³-hybridized carbons (Fsp3) is 0.304. The monoisotopic (exact) mass is 439 g/mol. The van der Waals surface area contributed by atoms with Crippen molar-refractivity contribution in [3.8, 4) is 0 Å². The number of aromatic nitrogens is 1. The van der Waals surface area contributed by atoms with Crippen LogP contribution in [0.4, 0.5) is 20.9 Å². The van der Waals surface area contributed by atoms with Crippen LogP contribution in [-0.4, -0.2) is 51.2 Å². The molecule has 3 aromatic rings. The van der Waals surface area contributed by atoms with Gasteiger partial charge in [-0.05, 0) is 29.8 Å². The minimum Gasteiger partial charge on any atom is -0.378 e. The third-order valence-electron chi connectivity index (χ3n) is 5.37. The normalized spacial score (nSPS) is 13.9. The molecule has 1 N–H and O–H groups in total. The van der Waals surface area contributed by atoms with Crippen molar-refractivity contribution >= 4 is 33.8 Å². The third kappa shape index (κ3) is 4.96. The van der Waals surface area contributed by atoms with E-state index in [1.54, 1.807) is 11.4 Å². The third-order valence-corrected chi connectivity index (χ3v) is 6.28. The summed E-state index contributed by atoms with van der Waals surface area (Å²) in [6, 6.07) is 14.9. The molecule has 0 spiro atoms. The van der Waals surface area contributed by atoms with Crippen LogP contribution in [0.15, 0.2) is 53.9 Å². The lowest BCUT2D eigenvalue weighted by atomic mass is 10.2. The van der Waals surface area contributed by atoms with Crippen molar-refractivity contribution in [3.63, 3.8) is 0 Å². The number of thiazole rings is 1. The molecule has 1 fully saturated rings. The molecule has 1 saturated heterocycles. The summed E-state index contributed by atoms with van der Waals surface area (Å²) in [5.74, 6) is -0.371. The highest BCUT2D eigenvalue weighted by Gasteiger charge is 2.22. The highest BCUT2D eigenvalue weighted by atomic mass is 32.1. The lowest BCUT2D eigenvalue weighted by molar-refractivity contribution is 0.0946. The summed E-state index contributed by atoms with van der Waals surface area (Å²) in [6.07, 6.45) is 0. The highest BCUT2D eigenvalue weighted by Crippen LogP contribution is 2.25. The molecule has 1 aromatic heterocycles. The van der Waals surface area contributed by atoms with Gasteiger partial charge >= 0.3 is 0 Å². The Morgan fingerprint density at radius 1 is 1.06 bits per heavy atom. The molecule has 0 aliphatic carbocycles. The number of nitrogens with one attached hydrogen (secondary N) is 1. The van der Waals surface area contributed by atoms with E-state index >= 15 is 0 Å². The van der Waals surface area contributed by atoms with Gasteiger partial charge in [-0.1, -0.05) is 24.3 Å². The van der Waals surface area contributed by atoms with E-state index in [0.717, 1.165) is 29.5 Å². The topological polar surface area (TPSA) is 51.7 Å². The van der Waals surface area contributed by atoms with Crippen LogP contribution in [0.2, 0.25) is 0 Å². The first-order chi connectivity index (χ1) is 15.0. The van der Waals surface area contributed by atoms with Crippen LogP contribution in [0.3, 0.4) is 0 Å². The van der Waals surface area contributed by atoms with Crippen molar-refractivity contribution in [2.75, 3.05) is 55.0 Å². The van der Waals surface area contributed by atoms with Gasteiger partial charge in [0, 0.05) is 57.9 Å². The molecule has 0 unspecified atom stereocenters.